The Balaban J connectivity index is 1.83. The fourth-order valence-electron chi connectivity index (χ4n) is 2.76. The zero-order valence-corrected chi connectivity index (χ0v) is 15.1. The van der Waals surface area contributed by atoms with Crippen LogP contribution in [0.4, 0.5) is 0 Å². The molecule has 0 atom stereocenters. The predicted octanol–water partition coefficient (Wildman–Crippen LogP) is 3.76. The minimum atomic E-state index is -0.398. The van der Waals surface area contributed by atoms with Crippen molar-refractivity contribution in [2.75, 3.05) is 0 Å². The van der Waals surface area contributed by atoms with Gasteiger partial charge in [-0.2, -0.15) is 0 Å². The second-order valence-electron chi connectivity index (χ2n) is 6.14. The highest BCUT2D eigenvalue weighted by Crippen LogP contribution is 2.30. The molecule has 1 amide bonds. The summed E-state index contributed by atoms with van der Waals surface area (Å²) in [5, 5.41) is 0. The molecule has 3 aromatic carbocycles. The molecule has 0 spiro atoms. The molecule has 0 heterocycles. The molecule has 5 heteroatoms. The van der Waals surface area contributed by atoms with Crippen molar-refractivity contribution in [3.8, 4) is 11.5 Å². The number of nitrogen functional groups attached to an aromatic ring is 1. The van der Waals surface area contributed by atoms with E-state index in [1.165, 1.54) is 0 Å². The molecule has 0 aromatic heterocycles. The molecule has 0 unspecified atom stereocenters. The van der Waals surface area contributed by atoms with Crippen LogP contribution in [-0.4, -0.2) is 5.91 Å². The summed E-state index contributed by atoms with van der Waals surface area (Å²) in [5.41, 5.74) is 5.38. The Morgan fingerprint density at radius 1 is 0.889 bits per heavy atom. The molecular weight excluding hydrogens is 340 g/mol. The minimum Gasteiger partial charge on any atom is -0.489 e. The lowest BCUT2D eigenvalue weighted by Crippen LogP contribution is -2.31. The van der Waals surface area contributed by atoms with Gasteiger partial charge in [-0.15, -0.1) is 0 Å². The first kappa shape index (κ1) is 18.5. The highest BCUT2D eigenvalue weighted by molar-refractivity contribution is 5.98. The Labute approximate surface area is 158 Å². The van der Waals surface area contributed by atoms with Crippen molar-refractivity contribution >= 4 is 5.91 Å². The van der Waals surface area contributed by atoms with Crippen LogP contribution in [0.1, 0.15) is 27.0 Å². The van der Waals surface area contributed by atoms with Crippen LogP contribution < -0.4 is 20.7 Å². The fraction of sp³-hybridized carbons (Fsp3) is 0.136. The van der Waals surface area contributed by atoms with E-state index in [9.17, 15) is 4.79 Å². The molecule has 0 saturated carbocycles. The van der Waals surface area contributed by atoms with Crippen LogP contribution in [-0.2, 0) is 13.2 Å². The van der Waals surface area contributed by atoms with E-state index in [-0.39, 0.29) is 0 Å². The van der Waals surface area contributed by atoms with Gasteiger partial charge in [0.1, 0.15) is 24.7 Å². The Kier molecular flexibility index (Phi) is 6.07. The molecule has 138 valence electrons. The minimum absolute atomic E-state index is 0.341. The van der Waals surface area contributed by atoms with Crippen LogP contribution in [0.25, 0.3) is 0 Å². The summed E-state index contributed by atoms with van der Waals surface area (Å²) in [4.78, 5) is 12.2. The summed E-state index contributed by atoms with van der Waals surface area (Å²) < 4.78 is 11.8. The van der Waals surface area contributed by atoms with Crippen LogP contribution >= 0.6 is 0 Å². The highest BCUT2D eigenvalue weighted by atomic mass is 16.5. The molecule has 0 radical (unpaired) electrons. The number of carbonyl (C=O) groups excluding carboxylic acids is 1. The maximum absolute atomic E-state index is 12.2. The smallest absolute Gasteiger partial charge is 0.269 e. The van der Waals surface area contributed by atoms with Gasteiger partial charge in [0, 0.05) is 6.07 Å². The van der Waals surface area contributed by atoms with E-state index in [4.69, 9.17) is 15.3 Å². The number of aryl methyl sites for hydroxylation is 1. The molecule has 0 aliphatic heterocycles. The number of nitrogens with two attached hydrogens (primary N) is 1. The third kappa shape index (κ3) is 4.86. The average Bonchev–Trinajstić information content (AvgIpc) is 2.71. The van der Waals surface area contributed by atoms with Crippen LogP contribution in [0, 0.1) is 6.92 Å². The molecule has 3 N–H and O–H groups in total. The van der Waals surface area contributed by atoms with E-state index in [1.807, 2.05) is 73.7 Å². The van der Waals surface area contributed by atoms with E-state index in [1.54, 1.807) is 6.07 Å². The lowest BCUT2D eigenvalue weighted by Gasteiger charge is -2.16. The SMILES string of the molecule is Cc1cc(OCc2ccccc2)cc(OCc2ccccc2)c1C(=O)NN. The lowest BCUT2D eigenvalue weighted by molar-refractivity contribution is 0.0948. The number of nitrogens with one attached hydrogen (secondary N) is 1. The zero-order valence-electron chi connectivity index (χ0n) is 15.1. The molecule has 0 aliphatic rings. The number of benzene rings is 3. The molecule has 0 bridgehead atoms. The van der Waals surface area contributed by atoms with Crippen LogP contribution in [0.5, 0.6) is 11.5 Å². The molecule has 0 fully saturated rings. The molecular formula is C22H22N2O3. The van der Waals surface area contributed by atoms with E-state index in [2.05, 4.69) is 5.43 Å². The monoisotopic (exact) mass is 362 g/mol. The summed E-state index contributed by atoms with van der Waals surface area (Å²) in [6, 6.07) is 23.2. The molecule has 3 rings (SSSR count). The van der Waals surface area contributed by atoms with Gasteiger partial charge in [-0.05, 0) is 29.7 Å². The van der Waals surface area contributed by atoms with Crippen molar-refractivity contribution in [1.82, 2.24) is 5.43 Å². The van der Waals surface area contributed by atoms with Gasteiger partial charge < -0.3 is 9.47 Å². The number of hydrogen-bond donors (Lipinski definition) is 2. The number of amides is 1. The first-order valence-electron chi connectivity index (χ1n) is 8.66. The number of hydrazine groups is 1. The highest BCUT2D eigenvalue weighted by Gasteiger charge is 2.17. The van der Waals surface area contributed by atoms with Gasteiger partial charge in [0.25, 0.3) is 5.91 Å². The predicted molar refractivity (Wildman–Crippen MR) is 104 cm³/mol. The van der Waals surface area contributed by atoms with Crippen molar-refractivity contribution in [2.24, 2.45) is 5.84 Å². The molecule has 3 aromatic rings. The lowest BCUT2D eigenvalue weighted by atomic mass is 10.1. The Morgan fingerprint density at radius 3 is 2.00 bits per heavy atom. The zero-order chi connectivity index (χ0) is 19.1. The summed E-state index contributed by atoms with van der Waals surface area (Å²) in [6.45, 7) is 2.60. The van der Waals surface area contributed by atoms with Crippen LogP contribution in [0.2, 0.25) is 0 Å². The Bertz CT molecular complexity index is 896. The quantitative estimate of drug-likeness (QED) is 0.381. The van der Waals surface area contributed by atoms with Gasteiger partial charge in [-0.3, -0.25) is 10.2 Å². The van der Waals surface area contributed by atoms with Crippen molar-refractivity contribution < 1.29 is 14.3 Å². The largest absolute Gasteiger partial charge is 0.489 e. The van der Waals surface area contributed by atoms with E-state index in [0.29, 0.717) is 30.3 Å². The van der Waals surface area contributed by atoms with Gasteiger partial charge in [0.15, 0.2) is 0 Å². The molecule has 5 nitrogen and oxygen atoms in total. The third-order valence-corrected chi connectivity index (χ3v) is 4.12. The Morgan fingerprint density at radius 2 is 1.44 bits per heavy atom. The van der Waals surface area contributed by atoms with Crippen molar-refractivity contribution in [1.29, 1.82) is 0 Å². The van der Waals surface area contributed by atoms with Crippen LogP contribution in [0.15, 0.2) is 72.8 Å². The summed E-state index contributed by atoms with van der Waals surface area (Å²) in [6.07, 6.45) is 0. The van der Waals surface area contributed by atoms with Crippen molar-refractivity contribution in [3.05, 3.63) is 95.1 Å². The normalized spacial score (nSPS) is 10.3. The average molecular weight is 362 g/mol. The number of ether oxygens (including phenoxy) is 2. The Hall–Kier alpha value is -3.31. The van der Waals surface area contributed by atoms with E-state index in [0.717, 1.165) is 16.7 Å². The third-order valence-electron chi connectivity index (χ3n) is 4.12. The first-order chi connectivity index (χ1) is 13.2. The second kappa shape index (κ2) is 8.87. The maximum atomic E-state index is 12.2. The van der Waals surface area contributed by atoms with E-state index >= 15 is 0 Å². The standard InChI is InChI=1S/C22H22N2O3/c1-16-12-19(26-14-17-8-4-2-5-9-17)13-20(21(16)22(25)24-23)27-15-18-10-6-3-7-11-18/h2-13H,14-15,23H2,1H3,(H,24,25). The van der Waals surface area contributed by atoms with Crippen molar-refractivity contribution in [2.45, 2.75) is 20.1 Å². The van der Waals surface area contributed by atoms with Crippen molar-refractivity contribution in [3.63, 3.8) is 0 Å². The topological polar surface area (TPSA) is 73.6 Å². The first-order valence-corrected chi connectivity index (χ1v) is 8.66. The van der Waals surface area contributed by atoms with Gasteiger partial charge in [-0.25, -0.2) is 5.84 Å². The van der Waals surface area contributed by atoms with Gasteiger partial charge in [0.2, 0.25) is 0 Å². The summed E-state index contributed by atoms with van der Waals surface area (Å²) in [5.74, 6) is 6.00. The number of rotatable bonds is 7. The maximum Gasteiger partial charge on any atom is 0.269 e. The van der Waals surface area contributed by atoms with E-state index < -0.39 is 5.91 Å². The molecule has 0 aliphatic carbocycles. The second-order valence-corrected chi connectivity index (χ2v) is 6.14. The van der Waals surface area contributed by atoms with Gasteiger partial charge >= 0.3 is 0 Å². The summed E-state index contributed by atoms with van der Waals surface area (Å²) >= 11 is 0. The molecule has 27 heavy (non-hydrogen) atoms. The van der Waals surface area contributed by atoms with Gasteiger partial charge in [0.05, 0.1) is 5.56 Å². The summed E-state index contributed by atoms with van der Waals surface area (Å²) in [7, 11) is 0. The number of hydrogen-bond acceptors (Lipinski definition) is 4. The van der Waals surface area contributed by atoms with Gasteiger partial charge in [-0.1, -0.05) is 60.7 Å². The fourth-order valence-corrected chi connectivity index (χ4v) is 2.76. The number of carbonyl (C=O) groups is 1. The molecule has 0 saturated heterocycles. The van der Waals surface area contributed by atoms with Crippen LogP contribution in [0.3, 0.4) is 0 Å².